The molecule has 0 saturated carbocycles. The molecule has 0 atom stereocenters. The number of nitrogens with zero attached hydrogens (tertiary/aromatic N) is 3. The van der Waals surface area contributed by atoms with Gasteiger partial charge in [-0.1, -0.05) is 0 Å². The van der Waals surface area contributed by atoms with Crippen LogP contribution in [0.3, 0.4) is 0 Å². The zero-order valence-electron chi connectivity index (χ0n) is 9.53. The number of nitrogens with one attached hydrogen (secondary N) is 2. The van der Waals surface area contributed by atoms with E-state index in [0.717, 1.165) is 24.9 Å². The van der Waals surface area contributed by atoms with Gasteiger partial charge in [0.05, 0.1) is 5.56 Å². The summed E-state index contributed by atoms with van der Waals surface area (Å²) in [6.07, 6.45) is 3.58. The Balaban J connectivity index is 2.13. The number of hydrogen-bond donors (Lipinski definition) is 2. The molecule has 2 aromatic rings. The average molecular weight is 231 g/mol. The maximum Gasteiger partial charge on any atom is 0.256 e. The van der Waals surface area contributed by atoms with Crippen LogP contribution in [0.2, 0.25) is 0 Å². The second-order valence-corrected chi connectivity index (χ2v) is 4.15. The van der Waals surface area contributed by atoms with E-state index in [9.17, 15) is 4.79 Å². The van der Waals surface area contributed by atoms with Gasteiger partial charge in [-0.2, -0.15) is 5.10 Å². The minimum atomic E-state index is -0.0668. The van der Waals surface area contributed by atoms with E-state index in [1.165, 1.54) is 0 Å². The molecule has 6 heteroatoms. The first-order chi connectivity index (χ1) is 8.24. The summed E-state index contributed by atoms with van der Waals surface area (Å²) in [5.74, 6) is 1.21. The van der Waals surface area contributed by atoms with Crippen LogP contribution in [0.5, 0.6) is 0 Å². The predicted octanol–water partition coefficient (Wildman–Crippen LogP) is 0.528. The molecule has 0 aromatic carbocycles. The van der Waals surface area contributed by atoms with Gasteiger partial charge in [-0.3, -0.25) is 9.48 Å². The number of aromatic amines is 1. The second kappa shape index (κ2) is 3.73. The minimum absolute atomic E-state index is 0.0668. The van der Waals surface area contributed by atoms with Gasteiger partial charge in [0.25, 0.3) is 5.56 Å². The maximum atomic E-state index is 11.9. The highest BCUT2D eigenvalue weighted by Gasteiger charge is 2.16. The summed E-state index contributed by atoms with van der Waals surface area (Å²) in [7, 11) is 1.83. The molecule has 0 spiro atoms. The highest BCUT2D eigenvalue weighted by atomic mass is 16.1. The molecular formula is C11H13N5O. The van der Waals surface area contributed by atoms with Crippen molar-refractivity contribution in [2.75, 3.05) is 11.9 Å². The summed E-state index contributed by atoms with van der Waals surface area (Å²) in [5, 5.41) is 7.38. The number of rotatable bonds is 1. The molecule has 3 heterocycles. The van der Waals surface area contributed by atoms with E-state index >= 15 is 0 Å². The summed E-state index contributed by atoms with van der Waals surface area (Å²) in [6, 6.07) is 1.83. The molecule has 1 aliphatic rings. The van der Waals surface area contributed by atoms with Crippen molar-refractivity contribution in [1.82, 2.24) is 19.7 Å². The highest BCUT2D eigenvalue weighted by Crippen LogP contribution is 2.18. The summed E-state index contributed by atoms with van der Waals surface area (Å²) < 4.78 is 1.68. The Morgan fingerprint density at radius 1 is 1.47 bits per heavy atom. The lowest BCUT2D eigenvalue weighted by molar-refractivity contribution is 0.765. The number of hydrogen-bond acceptors (Lipinski definition) is 4. The Kier molecular flexibility index (Phi) is 2.21. The fourth-order valence-corrected chi connectivity index (χ4v) is 2.01. The molecule has 0 fully saturated rings. The molecule has 6 nitrogen and oxygen atoms in total. The van der Waals surface area contributed by atoms with E-state index < -0.39 is 0 Å². The van der Waals surface area contributed by atoms with Crippen LogP contribution in [-0.4, -0.2) is 26.3 Å². The zero-order valence-corrected chi connectivity index (χ0v) is 9.53. The molecule has 17 heavy (non-hydrogen) atoms. The van der Waals surface area contributed by atoms with Crippen LogP contribution in [0, 0.1) is 0 Å². The lowest BCUT2D eigenvalue weighted by Crippen LogP contribution is -2.24. The van der Waals surface area contributed by atoms with Gasteiger partial charge in [0.1, 0.15) is 11.5 Å². The molecule has 0 radical (unpaired) electrons. The topological polar surface area (TPSA) is 75.6 Å². The van der Waals surface area contributed by atoms with Gasteiger partial charge in [-0.05, 0) is 18.9 Å². The van der Waals surface area contributed by atoms with Gasteiger partial charge in [0.2, 0.25) is 0 Å². The van der Waals surface area contributed by atoms with Crippen LogP contribution in [0.4, 0.5) is 5.82 Å². The Hall–Kier alpha value is -2.11. The van der Waals surface area contributed by atoms with E-state index in [0.29, 0.717) is 17.3 Å². The monoisotopic (exact) mass is 231 g/mol. The Labute approximate surface area is 97.7 Å². The largest absolute Gasteiger partial charge is 0.370 e. The van der Waals surface area contributed by atoms with Crippen molar-refractivity contribution in [3.8, 4) is 11.5 Å². The van der Waals surface area contributed by atoms with Crippen LogP contribution < -0.4 is 10.9 Å². The lowest BCUT2D eigenvalue weighted by Gasteiger charge is -2.15. The van der Waals surface area contributed by atoms with Crippen molar-refractivity contribution in [2.45, 2.75) is 12.8 Å². The number of aromatic nitrogens is 4. The van der Waals surface area contributed by atoms with Crippen molar-refractivity contribution in [3.63, 3.8) is 0 Å². The second-order valence-electron chi connectivity index (χ2n) is 4.15. The standard InChI is InChI=1S/C11H13N5O/c1-16-6-4-8(15-16)10-13-9-7(11(17)14-10)3-2-5-12-9/h4,6H,2-3,5H2,1H3,(H2,12,13,14,17). The molecule has 0 aliphatic carbocycles. The molecule has 0 bridgehead atoms. The van der Waals surface area contributed by atoms with E-state index in [1.54, 1.807) is 4.68 Å². The molecule has 3 rings (SSSR count). The van der Waals surface area contributed by atoms with Gasteiger partial charge in [0, 0.05) is 19.8 Å². The van der Waals surface area contributed by atoms with Crippen molar-refractivity contribution < 1.29 is 0 Å². The Bertz CT molecular complexity index is 613. The van der Waals surface area contributed by atoms with E-state index in [4.69, 9.17) is 0 Å². The van der Waals surface area contributed by atoms with Gasteiger partial charge < -0.3 is 10.3 Å². The molecule has 0 saturated heterocycles. The van der Waals surface area contributed by atoms with E-state index in [2.05, 4.69) is 20.4 Å². The lowest BCUT2D eigenvalue weighted by atomic mass is 10.1. The number of H-pyrrole nitrogens is 1. The van der Waals surface area contributed by atoms with Gasteiger partial charge in [-0.15, -0.1) is 0 Å². The molecule has 2 aromatic heterocycles. The predicted molar refractivity (Wildman–Crippen MR) is 63.9 cm³/mol. The van der Waals surface area contributed by atoms with Gasteiger partial charge in [0.15, 0.2) is 5.82 Å². The fraction of sp³-hybridized carbons (Fsp3) is 0.364. The molecule has 88 valence electrons. The Morgan fingerprint density at radius 2 is 2.35 bits per heavy atom. The van der Waals surface area contributed by atoms with Gasteiger partial charge in [-0.25, -0.2) is 4.98 Å². The summed E-state index contributed by atoms with van der Waals surface area (Å²) in [5.41, 5.74) is 1.36. The number of aryl methyl sites for hydroxylation is 1. The number of anilines is 1. The molecule has 2 N–H and O–H groups in total. The van der Waals surface area contributed by atoms with Crippen molar-refractivity contribution in [2.24, 2.45) is 7.05 Å². The highest BCUT2D eigenvalue weighted by molar-refractivity contribution is 5.55. The normalized spacial score (nSPS) is 14.2. The molecule has 0 unspecified atom stereocenters. The van der Waals surface area contributed by atoms with E-state index in [-0.39, 0.29) is 5.56 Å². The molecule has 1 aliphatic heterocycles. The van der Waals surface area contributed by atoms with E-state index in [1.807, 2.05) is 19.3 Å². The van der Waals surface area contributed by atoms with Crippen LogP contribution in [0.1, 0.15) is 12.0 Å². The third-order valence-corrected chi connectivity index (χ3v) is 2.87. The minimum Gasteiger partial charge on any atom is -0.370 e. The first kappa shape index (κ1) is 10.1. The SMILES string of the molecule is Cn1ccc(-c2nc3c(c(=O)[nH]2)CCCN3)n1. The zero-order chi connectivity index (χ0) is 11.8. The van der Waals surface area contributed by atoms with Crippen LogP contribution in [0.25, 0.3) is 11.5 Å². The molecular weight excluding hydrogens is 218 g/mol. The quantitative estimate of drug-likeness (QED) is 0.750. The third kappa shape index (κ3) is 1.71. The van der Waals surface area contributed by atoms with Crippen molar-refractivity contribution >= 4 is 5.82 Å². The van der Waals surface area contributed by atoms with Crippen molar-refractivity contribution in [1.29, 1.82) is 0 Å². The summed E-state index contributed by atoms with van der Waals surface area (Å²) in [6.45, 7) is 0.866. The van der Waals surface area contributed by atoms with Gasteiger partial charge >= 0.3 is 0 Å². The van der Waals surface area contributed by atoms with Crippen molar-refractivity contribution in [3.05, 3.63) is 28.2 Å². The first-order valence-electron chi connectivity index (χ1n) is 5.61. The Morgan fingerprint density at radius 3 is 3.12 bits per heavy atom. The fourth-order valence-electron chi connectivity index (χ4n) is 2.01. The maximum absolute atomic E-state index is 11.9. The number of fused-ring (bicyclic) bond motifs is 1. The van der Waals surface area contributed by atoms with Crippen LogP contribution in [-0.2, 0) is 13.5 Å². The third-order valence-electron chi connectivity index (χ3n) is 2.87. The average Bonchev–Trinajstić information content (AvgIpc) is 2.76. The smallest absolute Gasteiger partial charge is 0.256 e. The molecule has 0 amide bonds. The summed E-state index contributed by atoms with van der Waals surface area (Å²) in [4.78, 5) is 19.1. The first-order valence-corrected chi connectivity index (χ1v) is 5.61. The summed E-state index contributed by atoms with van der Waals surface area (Å²) >= 11 is 0. The van der Waals surface area contributed by atoms with Crippen LogP contribution in [0.15, 0.2) is 17.1 Å². The van der Waals surface area contributed by atoms with Crippen LogP contribution >= 0.6 is 0 Å².